The van der Waals surface area contributed by atoms with Gasteiger partial charge in [0.25, 0.3) is 0 Å². The Balaban J connectivity index is 2.35. The first-order valence-electron chi connectivity index (χ1n) is 4.61. The molecule has 2 rings (SSSR count). The molecule has 0 aromatic carbocycles. The maximum absolute atomic E-state index is 8.94. The van der Waals surface area contributed by atoms with Crippen LogP contribution in [0.15, 0.2) is 12.3 Å². The van der Waals surface area contributed by atoms with Gasteiger partial charge in [-0.05, 0) is 31.2 Å². The summed E-state index contributed by atoms with van der Waals surface area (Å²) < 4.78 is 0. The van der Waals surface area contributed by atoms with Crippen LogP contribution in [0.2, 0.25) is 0 Å². The minimum Gasteiger partial charge on any atom is -0.423 e. The van der Waals surface area contributed by atoms with Gasteiger partial charge in [0, 0.05) is 17.4 Å². The molecule has 0 saturated heterocycles. The molecule has 0 fully saturated rings. The van der Waals surface area contributed by atoms with Crippen LogP contribution in [0.25, 0.3) is 0 Å². The van der Waals surface area contributed by atoms with E-state index in [2.05, 4.69) is 4.98 Å². The summed E-state index contributed by atoms with van der Waals surface area (Å²) in [5, 5.41) is 17.9. The third kappa shape index (κ3) is 1.74. The lowest BCUT2D eigenvalue weighted by atomic mass is 9.79. The van der Waals surface area contributed by atoms with Gasteiger partial charge in [-0.25, -0.2) is 0 Å². The summed E-state index contributed by atoms with van der Waals surface area (Å²) in [5.41, 5.74) is 2.80. The molecule has 0 atom stereocenters. The molecular weight excluding hydrogens is 165 g/mol. The Morgan fingerprint density at radius 1 is 1.23 bits per heavy atom. The summed E-state index contributed by atoms with van der Waals surface area (Å²) in [6.45, 7) is 0. The average Bonchev–Trinajstić information content (AvgIpc) is 2.17. The topological polar surface area (TPSA) is 53.4 Å². The Kier molecular flexibility index (Phi) is 2.33. The first-order valence-corrected chi connectivity index (χ1v) is 4.61. The molecule has 1 aliphatic carbocycles. The molecule has 13 heavy (non-hydrogen) atoms. The van der Waals surface area contributed by atoms with E-state index in [1.54, 1.807) is 6.20 Å². The fraction of sp³-hybridized carbons (Fsp3) is 0.444. The van der Waals surface area contributed by atoms with Crippen LogP contribution in [-0.4, -0.2) is 22.2 Å². The number of pyridine rings is 1. The number of fused-ring (bicyclic) bond motifs is 1. The predicted octanol–water partition coefficient (Wildman–Crippen LogP) is -0.360. The molecule has 4 heteroatoms. The highest BCUT2D eigenvalue weighted by molar-refractivity contribution is 6.58. The normalized spacial score (nSPS) is 15.2. The van der Waals surface area contributed by atoms with Crippen molar-refractivity contribution < 1.29 is 10.0 Å². The molecule has 2 N–H and O–H groups in total. The number of hydrogen-bond donors (Lipinski definition) is 2. The molecular formula is C9H12BNO2. The maximum Gasteiger partial charge on any atom is 0.490 e. The van der Waals surface area contributed by atoms with Crippen molar-refractivity contribution in [2.24, 2.45) is 0 Å². The Hall–Kier alpha value is -0.865. The van der Waals surface area contributed by atoms with Crippen molar-refractivity contribution in [2.75, 3.05) is 0 Å². The molecule has 1 aliphatic rings. The number of aryl methyl sites for hydroxylation is 2. The summed E-state index contributed by atoms with van der Waals surface area (Å²) in [6, 6.07) is 1.85. The third-order valence-corrected chi connectivity index (χ3v) is 2.49. The highest BCUT2D eigenvalue weighted by Crippen LogP contribution is 2.17. The Bertz CT molecular complexity index is 314. The summed E-state index contributed by atoms with van der Waals surface area (Å²) in [4.78, 5) is 4.22. The molecule has 1 aromatic rings. The van der Waals surface area contributed by atoms with Gasteiger partial charge < -0.3 is 10.0 Å². The Labute approximate surface area is 77.6 Å². The minimum atomic E-state index is -1.39. The highest BCUT2D eigenvalue weighted by atomic mass is 16.4. The highest BCUT2D eigenvalue weighted by Gasteiger charge is 2.16. The van der Waals surface area contributed by atoms with E-state index in [4.69, 9.17) is 10.0 Å². The lowest BCUT2D eigenvalue weighted by Gasteiger charge is -2.14. The van der Waals surface area contributed by atoms with Crippen LogP contribution in [0.4, 0.5) is 0 Å². The van der Waals surface area contributed by atoms with E-state index in [0.717, 1.165) is 18.5 Å². The van der Waals surface area contributed by atoms with E-state index in [1.807, 2.05) is 6.07 Å². The lowest BCUT2D eigenvalue weighted by molar-refractivity contribution is 0.425. The van der Waals surface area contributed by atoms with Crippen LogP contribution in [0.5, 0.6) is 0 Å². The van der Waals surface area contributed by atoms with Crippen LogP contribution < -0.4 is 5.46 Å². The van der Waals surface area contributed by atoms with Gasteiger partial charge in [0.05, 0.1) is 0 Å². The van der Waals surface area contributed by atoms with E-state index >= 15 is 0 Å². The van der Waals surface area contributed by atoms with Crippen molar-refractivity contribution in [3.63, 3.8) is 0 Å². The van der Waals surface area contributed by atoms with Crippen molar-refractivity contribution in [3.8, 4) is 0 Å². The minimum absolute atomic E-state index is 0.501. The van der Waals surface area contributed by atoms with Crippen LogP contribution in [0.3, 0.4) is 0 Å². The Morgan fingerprint density at radius 2 is 2.00 bits per heavy atom. The predicted molar refractivity (Wildman–Crippen MR) is 50.7 cm³/mol. The van der Waals surface area contributed by atoms with Gasteiger partial charge in [-0.3, -0.25) is 4.98 Å². The van der Waals surface area contributed by atoms with Gasteiger partial charge in [0.1, 0.15) is 0 Å². The molecule has 0 spiro atoms. The molecule has 0 amide bonds. The van der Waals surface area contributed by atoms with Gasteiger partial charge >= 0.3 is 7.12 Å². The zero-order valence-electron chi connectivity index (χ0n) is 7.40. The Morgan fingerprint density at radius 3 is 2.77 bits per heavy atom. The molecule has 0 aliphatic heterocycles. The third-order valence-electron chi connectivity index (χ3n) is 2.49. The van der Waals surface area contributed by atoms with E-state index in [0.29, 0.717) is 5.46 Å². The first kappa shape index (κ1) is 8.72. The van der Waals surface area contributed by atoms with E-state index in [9.17, 15) is 0 Å². The van der Waals surface area contributed by atoms with Gasteiger partial charge in [0.2, 0.25) is 0 Å². The first-order chi connectivity index (χ1) is 6.27. The second kappa shape index (κ2) is 3.48. The number of hydrogen-bond acceptors (Lipinski definition) is 3. The van der Waals surface area contributed by atoms with Crippen molar-refractivity contribution in [1.29, 1.82) is 0 Å². The number of nitrogens with zero attached hydrogens (tertiary/aromatic N) is 1. The number of aromatic nitrogens is 1. The van der Waals surface area contributed by atoms with Gasteiger partial charge in [-0.2, -0.15) is 0 Å². The van der Waals surface area contributed by atoms with Gasteiger partial charge in [0.15, 0.2) is 0 Å². The zero-order chi connectivity index (χ0) is 9.26. The standard InChI is InChI=1S/C9H12BNO2/c12-10(13)8-5-7-3-1-2-4-9(7)11-6-8/h5-6,12-13H,1-4H2. The monoisotopic (exact) mass is 177 g/mol. The van der Waals surface area contributed by atoms with E-state index in [1.165, 1.54) is 18.4 Å². The summed E-state index contributed by atoms with van der Waals surface area (Å²) in [7, 11) is -1.39. The molecule has 68 valence electrons. The van der Waals surface area contributed by atoms with Crippen molar-refractivity contribution in [3.05, 3.63) is 23.5 Å². The molecule has 0 radical (unpaired) electrons. The van der Waals surface area contributed by atoms with Crippen LogP contribution in [0.1, 0.15) is 24.1 Å². The van der Waals surface area contributed by atoms with Crippen LogP contribution in [0, 0.1) is 0 Å². The molecule has 3 nitrogen and oxygen atoms in total. The number of rotatable bonds is 1. The lowest BCUT2D eigenvalue weighted by Crippen LogP contribution is -2.31. The van der Waals surface area contributed by atoms with Crippen molar-refractivity contribution >= 4 is 12.6 Å². The molecule has 0 unspecified atom stereocenters. The summed E-state index contributed by atoms with van der Waals surface area (Å²) >= 11 is 0. The molecule has 1 heterocycles. The second-order valence-electron chi connectivity index (χ2n) is 3.46. The zero-order valence-corrected chi connectivity index (χ0v) is 7.40. The fourth-order valence-corrected chi connectivity index (χ4v) is 1.75. The SMILES string of the molecule is OB(O)c1cnc2c(c1)CCCC2. The largest absolute Gasteiger partial charge is 0.490 e. The van der Waals surface area contributed by atoms with Crippen LogP contribution in [-0.2, 0) is 12.8 Å². The van der Waals surface area contributed by atoms with E-state index < -0.39 is 7.12 Å². The molecule has 0 bridgehead atoms. The maximum atomic E-state index is 8.94. The van der Waals surface area contributed by atoms with Gasteiger partial charge in [-0.15, -0.1) is 0 Å². The molecule has 0 saturated carbocycles. The van der Waals surface area contributed by atoms with Gasteiger partial charge in [-0.1, -0.05) is 6.07 Å². The second-order valence-corrected chi connectivity index (χ2v) is 3.46. The fourth-order valence-electron chi connectivity index (χ4n) is 1.75. The van der Waals surface area contributed by atoms with Crippen molar-refractivity contribution in [1.82, 2.24) is 4.98 Å². The smallest absolute Gasteiger partial charge is 0.423 e. The summed E-state index contributed by atoms with van der Waals surface area (Å²) in [5.74, 6) is 0. The quantitative estimate of drug-likeness (QED) is 0.576. The summed E-state index contributed by atoms with van der Waals surface area (Å²) in [6.07, 6.45) is 5.97. The van der Waals surface area contributed by atoms with Crippen molar-refractivity contribution in [2.45, 2.75) is 25.7 Å². The van der Waals surface area contributed by atoms with Crippen LogP contribution >= 0.6 is 0 Å². The average molecular weight is 177 g/mol. The molecule has 1 aromatic heterocycles. The van der Waals surface area contributed by atoms with E-state index in [-0.39, 0.29) is 0 Å².